The molecule has 2 amide bonds. The van der Waals surface area contributed by atoms with E-state index in [0.717, 1.165) is 12.1 Å². The van der Waals surface area contributed by atoms with E-state index >= 15 is 0 Å². The predicted octanol–water partition coefficient (Wildman–Crippen LogP) is 0.495. The fourth-order valence-electron chi connectivity index (χ4n) is 1.91. The van der Waals surface area contributed by atoms with Gasteiger partial charge in [-0.1, -0.05) is 0 Å². The number of carbonyl (C=O) groups is 3. The third-order valence-electron chi connectivity index (χ3n) is 3.33. The van der Waals surface area contributed by atoms with Gasteiger partial charge in [-0.15, -0.1) is 0 Å². The molecule has 9 heteroatoms. The van der Waals surface area contributed by atoms with Crippen LogP contribution in [0.5, 0.6) is 0 Å². The molecule has 0 spiro atoms. The summed E-state index contributed by atoms with van der Waals surface area (Å²) < 4.78 is 19.3. The van der Waals surface area contributed by atoms with Crippen LogP contribution in [0.15, 0.2) is 36.5 Å². The maximum Gasteiger partial charge on any atom is 0.312 e. The van der Waals surface area contributed by atoms with Gasteiger partial charge in [0, 0.05) is 24.5 Å². The molecule has 1 aromatic heterocycles. The Labute approximate surface area is 142 Å². The number of aryl methyl sites for hydroxylation is 1. The van der Waals surface area contributed by atoms with Crippen molar-refractivity contribution in [1.29, 1.82) is 0 Å². The van der Waals surface area contributed by atoms with Crippen LogP contribution in [-0.2, 0) is 27.8 Å². The molecule has 0 aliphatic rings. The predicted molar refractivity (Wildman–Crippen MR) is 84.5 cm³/mol. The summed E-state index contributed by atoms with van der Waals surface area (Å²) in [6.07, 6.45) is 0.411. The fourth-order valence-corrected chi connectivity index (χ4v) is 1.91. The molecule has 2 rings (SSSR count). The highest BCUT2D eigenvalue weighted by Gasteiger charge is 2.19. The Morgan fingerprint density at radius 3 is 2.48 bits per heavy atom. The molecule has 25 heavy (non-hydrogen) atoms. The minimum absolute atomic E-state index is 0.0317. The Morgan fingerprint density at radius 2 is 1.88 bits per heavy atom. The molecule has 0 saturated carbocycles. The molecule has 1 atom stereocenters. The summed E-state index contributed by atoms with van der Waals surface area (Å²) in [4.78, 5) is 35.4. The number of esters is 1. The molecule has 132 valence electrons. The van der Waals surface area contributed by atoms with Crippen LogP contribution in [0.1, 0.15) is 23.0 Å². The molecule has 0 radical (unpaired) electrons. The number of nitrogens with zero attached hydrogens (tertiary/aromatic N) is 2. The number of carbonyl (C=O) groups excluding carboxylic acids is 3. The highest BCUT2D eigenvalue weighted by atomic mass is 19.1. The highest BCUT2D eigenvalue weighted by molar-refractivity contribution is 5.95. The maximum atomic E-state index is 12.8. The number of halogens is 1. The number of hydrazine groups is 1. The Bertz CT molecular complexity index is 773. The van der Waals surface area contributed by atoms with Crippen molar-refractivity contribution in [3.63, 3.8) is 0 Å². The van der Waals surface area contributed by atoms with Gasteiger partial charge in [-0.05, 0) is 37.3 Å². The monoisotopic (exact) mass is 348 g/mol. The van der Waals surface area contributed by atoms with Crippen LogP contribution in [0.4, 0.5) is 4.39 Å². The van der Waals surface area contributed by atoms with E-state index in [2.05, 4.69) is 16.0 Å². The van der Waals surface area contributed by atoms with Crippen molar-refractivity contribution in [2.45, 2.75) is 19.4 Å². The summed E-state index contributed by atoms with van der Waals surface area (Å²) >= 11 is 0. The molecule has 0 bridgehead atoms. The van der Waals surface area contributed by atoms with Gasteiger partial charge in [0.1, 0.15) is 5.82 Å². The molecule has 0 aliphatic carbocycles. The zero-order valence-electron chi connectivity index (χ0n) is 13.7. The third kappa shape index (κ3) is 5.13. The number of nitrogens with one attached hydrogen (secondary N) is 2. The molecular formula is C16H17FN4O4. The first-order chi connectivity index (χ1) is 11.9. The number of hydrogen-bond acceptors (Lipinski definition) is 5. The number of rotatable bonds is 5. The second kappa shape index (κ2) is 8.04. The number of ether oxygens (including phenoxy) is 1. The van der Waals surface area contributed by atoms with E-state index in [1.54, 1.807) is 19.3 Å². The van der Waals surface area contributed by atoms with Crippen molar-refractivity contribution in [1.82, 2.24) is 20.6 Å². The van der Waals surface area contributed by atoms with Crippen LogP contribution in [0.2, 0.25) is 0 Å². The summed E-state index contributed by atoms with van der Waals surface area (Å²) in [5.41, 5.74) is 5.11. The van der Waals surface area contributed by atoms with Gasteiger partial charge in [-0.2, -0.15) is 5.10 Å². The largest absolute Gasteiger partial charge is 0.452 e. The average molecular weight is 348 g/mol. The van der Waals surface area contributed by atoms with Gasteiger partial charge in [0.15, 0.2) is 6.10 Å². The van der Waals surface area contributed by atoms with Crippen LogP contribution in [0.25, 0.3) is 0 Å². The summed E-state index contributed by atoms with van der Waals surface area (Å²) in [6.45, 7) is 1.38. The quantitative estimate of drug-likeness (QED) is 0.605. The Kier molecular flexibility index (Phi) is 5.83. The zero-order chi connectivity index (χ0) is 18.4. The molecule has 1 aromatic carbocycles. The Hall–Kier alpha value is -3.23. The molecule has 2 N–H and O–H groups in total. The molecule has 0 fully saturated rings. The second-order valence-corrected chi connectivity index (χ2v) is 5.21. The number of amides is 2. The molecule has 1 heterocycles. The van der Waals surface area contributed by atoms with Gasteiger partial charge in [0.25, 0.3) is 11.8 Å². The fraction of sp³-hybridized carbons (Fsp3) is 0.250. The molecule has 0 aliphatic heterocycles. The van der Waals surface area contributed by atoms with Crippen LogP contribution in [0, 0.1) is 5.82 Å². The van der Waals surface area contributed by atoms with E-state index in [-0.39, 0.29) is 12.0 Å². The zero-order valence-corrected chi connectivity index (χ0v) is 13.7. The van der Waals surface area contributed by atoms with Gasteiger partial charge in [-0.3, -0.25) is 29.9 Å². The van der Waals surface area contributed by atoms with E-state index in [1.165, 1.54) is 23.7 Å². The van der Waals surface area contributed by atoms with Crippen molar-refractivity contribution in [2.24, 2.45) is 7.05 Å². The van der Waals surface area contributed by atoms with Gasteiger partial charge >= 0.3 is 5.97 Å². The summed E-state index contributed by atoms with van der Waals surface area (Å²) in [6, 6.07) is 6.45. The molecule has 8 nitrogen and oxygen atoms in total. The molecular weight excluding hydrogens is 331 g/mol. The van der Waals surface area contributed by atoms with Crippen LogP contribution in [0.3, 0.4) is 0 Å². The van der Waals surface area contributed by atoms with Crippen molar-refractivity contribution in [3.05, 3.63) is 53.6 Å². The van der Waals surface area contributed by atoms with E-state index in [4.69, 9.17) is 4.74 Å². The van der Waals surface area contributed by atoms with Crippen molar-refractivity contribution in [3.8, 4) is 0 Å². The summed E-state index contributed by atoms with van der Waals surface area (Å²) in [5.74, 6) is -2.40. The van der Waals surface area contributed by atoms with Crippen LogP contribution >= 0.6 is 0 Å². The summed E-state index contributed by atoms with van der Waals surface area (Å²) in [5, 5.41) is 3.93. The minimum Gasteiger partial charge on any atom is -0.452 e. The topological polar surface area (TPSA) is 102 Å². The van der Waals surface area contributed by atoms with Gasteiger partial charge in [0.2, 0.25) is 0 Å². The molecule has 0 saturated heterocycles. The number of benzene rings is 1. The van der Waals surface area contributed by atoms with Crippen LogP contribution < -0.4 is 10.9 Å². The second-order valence-electron chi connectivity index (χ2n) is 5.21. The lowest BCUT2D eigenvalue weighted by atomic mass is 10.2. The van der Waals surface area contributed by atoms with E-state index in [0.29, 0.717) is 5.69 Å². The molecule has 1 unspecified atom stereocenters. The van der Waals surface area contributed by atoms with E-state index < -0.39 is 29.7 Å². The van der Waals surface area contributed by atoms with Crippen molar-refractivity contribution < 1.29 is 23.5 Å². The maximum absolute atomic E-state index is 12.8. The van der Waals surface area contributed by atoms with Gasteiger partial charge < -0.3 is 4.74 Å². The normalized spacial score (nSPS) is 11.5. The first kappa shape index (κ1) is 18.1. The molecule has 2 aromatic rings. The smallest absolute Gasteiger partial charge is 0.312 e. The number of aromatic nitrogens is 2. The van der Waals surface area contributed by atoms with E-state index in [9.17, 15) is 18.8 Å². The minimum atomic E-state index is -1.10. The van der Waals surface area contributed by atoms with Crippen molar-refractivity contribution >= 4 is 17.8 Å². The lowest BCUT2D eigenvalue weighted by Gasteiger charge is -2.14. The highest BCUT2D eigenvalue weighted by Crippen LogP contribution is 2.03. The number of hydrogen-bond donors (Lipinski definition) is 2. The first-order valence-electron chi connectivity index (χ1n) is 7.39. The average Bonchev–Trinajstić information content (AvgIpc) is 2.97. The third-order valence-corrected chi connectivity index (χ3v) is 3.33. The standard InChI is InChI=1S/C16H17FN4O4/c1-10(25-14(22)9-13-7-8-18-21(13)2)15(23)19-20-16(24)11-3-5-12(17)6-4-11/h3-8,10H,9H2,1-2H3,(H,19,23)(H,20,24). The van der Waals surface area contributed by atoms with Crippen LogP contribution in [-0.4, -0.2) is 33.7 Å². The SMILES string of the molecule is CC(OC(=O)Cc1ccnn1C)C(=O)NNC(=O)c1ccc(F)cc1. The van der Waals surface area contributed by atoms with E-state index in [1.807, 2.05) is 0 Å². The van der Waals surface area contributed by atoms with Gasteiger partial charge in [0.05, 0.1) is 6.42 Å². The Balaban J connectivity index is 1.79. The summed E-state index contributed by atoms with van der Waals surface area (Å²) in [7, 11) is 1.68. The van der Waals surface area contributed by atoms with Crippen molar-refractivity contribution in [2.75, 3.05) is 0 Å². The first-order valence-corrected chi connectivity index (χ1v) is 7.39. The lowest BCUT2D eigenvalue weighted by molar-refractivity contribution is -0.154. The van der Waals surface area contributed by atoms with Gasteiger partial charge in [-0.25, -0.2) is 4.39 Å². The lowest BCUT2D eigenvalue weighted by Crippen LogP contribution is -2.46. The Morgan fingerprint density at radius 1 is 1.20 bits per heavy atom.